The molecule has 6 nitrogen and oxygen atoms in total. The summed E-state index contributed by atoms with van der Waals surface area (Å²) in [5.41, 5.74) is 1.80. The third kappa shape index (κ3) is 3.57. The van der Waals surface area contributed by atoms with E-state index in [1.165, 1.54) is 23.5 Å². The molecule has 0 saturated carbocycles. The summed E-state index contributed by atoms with van der Waals surface area (Å²) < 4.78 is 20.5. The molecule has 1 aromatic heterocycles. The quantitative estimate of drug-likeness (QED) is 0.684. The second-order valence-electron chi connectivity index (χ2n) is 7.58. The van der Waals surface area contributed by atoms with Crippen molar-refractivity contribution in [2.75, 3.05) is 23.4 Å². The van der Waals surface area contributed by atoms with Gasteiger partial charge in [0.2, 0.25) is 11.8 Å². The number of carbonyl (C=O) groups is 2. The van der Waals surface area contributed by atoms with E-state index in [9.17, 15) is 14.0 Å². The molecule has 3 heterocycles. The fourth-order valence-corrected chi connectivity index (χ4v) is 5.06. The van der Waals surface area contributed by atoms with Crippen LogP contribution in [0.25, 0.3) is 10.2 Å². The Hall–Kier alpha value is -2.84. The molecule has 2 aromatic carbocycles. The highest BCUT2D eigenvalue weighted by Gasteiger charge is 2.36. The van der Waals surface area contributed by atoms with E-state index in [4.69, 9.17) is 4.74 Å². The maximum atomic E-state index is 13.7. The van der Waals surface area contributed by atoms with Crippen molar-refractivity contribution in [2.24, 2.45) is 0 Å². The minimum Gasteiger partial charge on any atom is -0.376 e. The molecule has 0 bridgehead atoms. The van der Waals surface area contributed by atoms with Gasteiger partial charge < -0.3 is 10.1 Å². The van der Waals surface area contributed by atoms with Gasteiger partial charge in [-0.25, -0.2) is 9.37 Å². The number of nitrogens with one attached hydrogen (secondary N) is 1. The summed E-state index contributed by atoms with van der Waals surface area (Å²) in [6.45, 7) is 1.06. The first kappa shape index (κ1) is 19.1. The highest BCUT2D eigenvalue weighted by Crippen LogP contribution is 2.37. The Morgan fingerprint density at radius 2 is 2.17 bits per heavy atom. The Bertz CT molecular complexity index is 1090. The van der Waals surface area contributed by atoms with Crippen molar-refractivity contribution in [3.05, 3.63) is 53.8 Å². The van der Waals surface area contributed by atoms with E-state index in [0.717, 1.165) is 23.1 Å². The minimum absolute atomic E-state index is 0.0182. The van der Waals surface area contributed by atoms with E-state index >= 15 is 0 Å². The fraction of sp³-hybridized carbons (Fsp3) is 0.318. The Labute approximate surface area is 176 Å². The van der Waals surface area contributed by atoms with Crippen LogP contribution in [0, 0.1) is 5.82 Å². The van der Waals surface area contributed by atoms with E-state index in [1.54, 1.807) is 11.0 Å². The van der Waals surface area contributed by atoms with E-state index in [-0.39, 0.29) is 24.3 Å². The highest BCUT2D eigenvalue weighted by molar-refractivity contribution is 7.22. The molecule has 0 aliphatic carbocycles. The van der Waals surface area contributed by atoms with Gasteiger partial charge in [0, 0.05) is 18.7 Å². The molecular weight excluding hydrogens is 405 g/mol. The van der Waals surface area contributed by atoms with Gasteiger partial charge >= 0.3 is 0 Å². The predicted molar refractivity (Wildman–Crippen MR) is 113 cm³/mol. The van der Waals surface area contributed by atoms with Gasteiger partial charge in [0.1, 0.15) is 5.82 Å². The first-order valence-corrected chi connectivity index (χ1v) is 10.8. The molecule has 2 aliphatic rings. The number of anilines is 2. The molecule has 2 atom stereocenters. The summed E-state index contributed by atoms with van der Waals surface area (Å²) in [7, 11) is 0. The molecule has 2 unspecified atom stereocenters. The zero-order chi connectivity index (χ0) is 20.7. The lowest BCUT2D eigenvalue weighted by molar-refractivity contribution is -0.124. The molecule has 0 radical (unpaired) electrons. The number of carbonyl (C=O) groups excluding carboxylic acids is 2. The van der Waals surface area contributed by atoms with E-state index in [1.807, 2.05) is 24.3 Å². The van der Waals surface area contributed by atoms with Gasteiger partial charge in [0.25, 0.3) is 0 Å². The Kier molecular flexibility index (Phi) is 4.96. The van der Waals surface area contributed by atoms with Crippen molar-refractivity contribution in [1.82, 2.24) is 4.98 Å². The molecule has 1 N–H and O–H groups in total. The lowest BCUT2D eigenvalue weighted by Gasteiger charge is -2.30. The number of nitrogens with zero attached hydrogens (tertiary/aromatic N) is 2. The summed E-state index contributed by atoms with van der Waals surface area (Å²) in [5, 5.41) is 3.26. The average Bonchev–Trinajstić information content (AvgIpc) is 3.40. The van der Waals surface area contributed by atoms with Crippen molar-refractivity contribution in [1.29, 1.82) is 0 Å². The zero-order valence-corrected chi connectivity index (χ0v) is 17.0. The monoisotopic (exact) mass is 425 g/mol. The average molecular weight is 425 g/mol. The standard InChI is InChI=1S/C22H20FN3O3S/c23-13-7-8-15-16(11-20(27)24-18(15)10-13)21(28)26(12-14-4-3-9-29-14)22-25-17-5-1-2-6-19(17)30-22/h1-2,5-8,10,14,16H,3-4,9,11-12H2,(H,24,27). The Balaban J connectivity index is 1.53. The van der Waals surface area contributed by atoms with Crippen molar-refractivity contribution in [2.45, 2.75) is 31.3 Å². The van der Waals surface area contributed by atoms with Gasteiger partial charge in [-0.3, -0.25) is 14.5 Å². The fourth-order valence-electron chi connectivity index (χ4n) is 4.08. The number of benzene rings is 2. The summed E-state index contributed by atoms with van der Waals surface area (Å²) in [6.07, 6.45) is 1.79. The van der Waals surface area contributed by atoms with Gasteiger partial charge in [-0.15, -0.1) is 0 Å². The van der Waals surface area contributed by atoms with Crippen LogP contribution in [0.15, 0.2) is 42.5 Å². The van der Waals surface area contributed by atoms with Crippen LogP contribution < -0.4 is 10.2 Å². The van der Waals surface area contributed by atoms with Crippen molar-refractivity contribution in [3.63, 3.8) is 0 Å². The first-order valence-electron chi connectivity index (χ1n) is 9.96. The van der Waals surface area contributed by atoms with Crippen LogP contribution in [0.4, 0.5) is 15.2 Å². The smallest absolute Gasteiger partial charge is 0.237 e. The number of hydrogen-bond acceptors (Lipinski definition) is 5. The molecule has 8 heteroatoms. The third-order valence-electron chi connectivity index (χ3n) is 5.54. The lowest BCUT2D eigenvalue weighted by Crippen LogP contribution is -2.42. The van der Waals surface area contributed by atoms with Gasteiger partial charge in [0.15, 0.2) is 5.13 Å². The Morgan fingerprint density at radius 3 is 2.97 bits per heavy atom. The normalized spacial score (nSPS) is 20.8. The molecule has 1 saturated heterocycles. The van der Waals surface area contributed by atoms with Crippen LogP contribution in [0.2, 0.25) is 0 Å². The molecule has 2 aliphatic heterocycles. The van der Waals surface area contributed by atoms with E-state index in [2.05, 4.69) is 10.3 Å². The summed E-state index contributed by atoms with van der Waals surface area (Å²) >= 11 is 1.44. The van der Waals surface area contributed by atoms with Gasteiger partial charge in [-0.05, 0) is 42.7 Å². The summed E-state index contributed by atoms with van der Waals surface area (Å²) in [6, 6.07) is 11.9. The number of ether oxygens (including phenoxy) is 1. The van der Waals surface area contributed by atoms with E-state index in [0.29, 0.717) is 29.5 Å². The Morgan fingerprint density at radius 1 is 1.30 bits per heavy atom. The lowest BCUT2D eigenvalue weighted by atomic mass is 9.89. The number of amides is 2. The van der Waals surface area contributed by atoms with Crippen LogP contribution in [-0.4, -0.2) is 36.1 Å². The van der Waals surface area contributed by atoms with Crippen LogP contribution in [0.1, 0.15) is 30.7 Å². The van der Waals surface area contributed by atoms with Crippen LogP contribution in [0.3, 0.4) is 0 Å². The second kappa shape index (κ2) is 7.77. The molecule has 30 heavy (non-hydrogen) atoms. The number of aromatic nitrogens is 1. The SMILES string of the molecule is O=C1CC(C(=O)N(CC2CCCO2)c2nc3ccccc3s2)c2ccc(F)cc2N1. The largest absolute Gasteiger partial charge is 0.376 e. The number of thiazole rings is 1. The molecule has 0 spiro atoms. The van der Waals surface area contributed by atoms with Crippen molar-refractivity contribution in [3.8, 4) is 0 Å². The predicted octanol–water partition coefficient (Wildman–Crippen LogP) is 4.07. The molecule has 3 aromatic rings. The first-order chi connectivity index (χ1) is 14.6. The molecule has 1 fully saturated rings. The molecule has 2 amide bonds. The number of rotatable bonds is 4. The van der Waals surface area contributed by atoms with Crippen LogP contribution in [0.5, 0.6) is 0 Å². The molecule has 5 rings (SSSR count). The summed E-state index contributed by atoms with van der Waals surface area (Å²) in [5.74, 6) is -1.66. The van der Waals surface area contributed by atoms with Crippen LogP contribution in [-0.2, 0) is 14.3 Å². The number of hydrogen-bond donors (Lipinski definition) is 1. The maximum absolute atomic E-state index is 13.7. The van der Waals surface area contributed by atoms with Gasteiger partial charge in [0.05, 0.1) is 28.8 Å². The highest BCUT2D eigenvalue weighted by atomic mass is 32.1. The minimum atomic E-state index is -0.692. The van der Waals surface area contributed by atoms with Crippen LogP contribution >= 0.6 is 11.3 Å². The van der Waals surface area contributed by atoms with Gasteiger partial charge in [-0.2, -0.15) is 0 Å². The van der Waals surface area contributed by atoms with Crippen molar-refractivity contribution < 1.29 is 18.7 Å². The topological polar surface area (TPSA) is 71.5 Å². The van der Waals surface area contributed by atoms with Crippen molar-refractivity contribution >= 4 is 44.2 Å². The maximum Gasteiger partial charge on any atom is 0.237 e. The summed E-state index contributed by atoms with van der Waals surface area (Å²) in [4.78, 5) is 32.3. The molecular formula is C22H20FN3O3S. The number of para-hydroxylation sites is 1. The second-order valence-corrected chi connectivity index (χ2v) is 8.59. The van der Waals surface area contributed by atoms with Gasteiger partial charge in [-0.1, -0.05) is 29.5 Å². The van der Waals surface area contributed by atoms with E-state index < -0.39 is 11.7 Å². The zero-order valence-electron chi connectivity index (χ0n) is 16.1. The third-order valence-corrected chi connectivity index (χ3v) is 6.60. The number of halogens is 1. The molecule has 154 valence electrons. The number of fused-ring (bicyclic) bond motifs is 2.